The largest absolute Gasteiger partial charge is 0.459 e. The molecule has 1 amide bonds. The Hall–Kier alpha value is -1.33. The fraction of sp³-hybridized carbons (Fsp3) is 0.643. The lowest BCUT2D eigenvalue weighted by Gasteiger charge is -2.31. The van der Waals surface area contributed by atoms with E-state index in [0.29, 0.717) is 18.9 Å². The van der Waals surface area contributed by atoms with Crippen molar-refractivity contribution in [2.75, 3.05) is 26.2 Å². The van der Waals surface area contributed by atoms with Crippen LogP contribution in [0.4, 0.5) is 0 Å². The molecule has 0 atom stereocenters. The van der Waals surface area contributed by atoms with Gasteiger partial charge in [-0.25, -0.2) is 0 Å². The van der Waals surface area contributed by atoms with E-state index in [9.17, 15) is 4.79 Å². The van der Waals surface area contributed by atoms with Gasteiger partial charge in [0.05, 0.1) is 12.4 Å². The minimum absolute atomic E-state index is 0.0112. The van der Waals surface area contributed by atoms with Gasteiger partial charge in [-0.1, -0.05) is 0 Å². The van der Waals surface area contributed by atoms with Crippen LogP contribution in [0.3, 0.4) is 0 Å². The summed E-state index contributed by atoms with van der Waals surface area (Å²) >= 11 is 0. The Bertz CT molecular complexity index is 409. The first kappa shape index (κ1) is 14.1. The van der Waals surface area contributed by atoms with Crippen molar-refractivity contribution in [3.05, 3.63) is 23.7 Å². The molecule has 1 saturated heterocycles. The first-order valence-corrected chi connectivity index (χ1v) is 6.87. The summed E-state index contributed by atoms with van der Waals surface area (Å²) in [5.74, 6) is 0.449. The number of rotatable bonds is 5. The van der Waals surface area contributed by atoms with E-state index in [1.165, 1.54) is 0 Å². The van der Waals surface area contributed by atoms with Crippen molar-refractivity contribution in [2.45, 2.75) is 32.3 Å². The maximum atomic E-state index is 12.2. The number of hydrogen-bond acceptors (Lipinski definition) is 4. The Labute approximate surface area is 113 Å². The van der Waals surface area contributed by atoms with E-state index in [4.69, 9.17) is 14.9 Å². The second-order valence-electron chi connectivity index (χ2n) is 4.94. The zero-order valence-corrected chi connectivity index (χ0v) is 11.4. The fourth-order valence-corrected chi connectivity index (χ4v) is 2.29. The molecule has 106 valence electrons. The van der Waals surface area contributed by atoms with Gasteiger partial charge in [-0.05, 0) is 38.8 Å². The van der Waals surface area contributed by atoms with E-state index in [2.05, 4.69) is 0 Å². The van der Waals surface area contributed by atoms with Crippen molar-refractivity contribution in [2.24, 2.45) is 5.73 Å². The molecule has 5 heteroatoms. The minimum Gasteiger partial charge on any atom is -0.459 e. The first-order valence-electron chi connectivity index (χ1n) is 6.87. The summed E-state index contributed by atoms with van der Waals surface area (Å²) in [7, 11) is 0. The molecule has 0 aromatic carbocycles. The van der Waals surface area contributed by atoms with E-state index in [0.717, 1.165) is 37.9 Å². The van der Waals surface area contributed by atoms with Gasteiger partial charge in [-0.15, -0.1) is 0 Å². The Kier molecular flexibility index (Phi) is 4.99. The highest BCUT2D eigenvalue weighted by Crippen LogP contribution is 2.18. The zero-order chi connectivity index (χ0) is 13.7. The zero-order valence-electron chi connectivity index (χ0n) is 11.4. The molecule has 0 unspecified atom stereocenters. The van der Waals surface area contributed by atoms with Crippen molar-refractivity contribution < 1.29 is 13.9 Å². The van der Waals surface area contributed by atoms with Crippen LogP contribution < -0.4 is 5.73 Å². The average molecular weight is 266 g/mol. The Balaban J connectivity index is 1.80. The number of hydrogen-bond donors (Lipinski definition) is 1. The SMILES string of the molecule is Cc1ccoc1C(=O)N1CCC(OCCCN)CC1. The van der Waals surface area contributed by atoms with Crippen molar-refractivity contribution in [1.29, 1.82) is 0 Å². The van der Waals surface area contributed by atoms with E-state index >= 15 is 0 Å². The van der Waals surface area contributed by atoms with Gasteiger partial charge in [0.2, 0.25) is 0 Å². The van der Waals surface area contributed by atoms with Crippen molar-refractivity contribution in [1.82, 2.24) is 4.90 Å². The van der Waals surface area contributed by atoms with Gasteiger partial charge in [0.25, 0.3) is 5.91 Å². The van der Waals surface area contributed by atoms with Gasteiger partial charge < -0.3 is 19.8 Å². The molecule has 2 heterocycles. The normalized spacial score (nSPS) is 16.8. The van der Waals surface area contributed by atoms with Crippen LogP contribution in [0.2, 0.25) is 0 Å². The summed E-state index contributed by atoms with van der Waals surface area (Å²) in [6.07, 6.45) is 4.48. The third-order valence-electron chi connectivity index (χ3n) is 3.49. The maximum Gasteiger partial charge on any atom is 0.289 e. The highest BCUT2D eigenvalue weighted by Gasteiger charge is 2.26. The highest BCUT2D eigenvalue weighted by molar-refractivity contribution is 5.92. The standard InChI is InChI=1S/C14H22N2O3/c1-11-5-10-19-13(11)14(17)16-7-3-12(4-8-16)18-9-2-6-15/h5,10,12H,2-4,6-9,15H2,1H3. The Morgan fingerprint density at radius 2 is 2.26 bits per heavy atom. The lowest BCUT2D eigenvalue weighted by Crippen LogP contribution is -2.41. The molecule has 0 bridgehead atoms. The van der Waals surface area contributed by atoms with Crippen LogP contribution in [0.1, 0.15) is 35.4 Å². The summed E-state index contributed by atoms with van der Waals surface area (Å²) in [5.41, 5.74) is 6.33. The quantitative estimate of drug-likeness (QED) is 0.821. The van der Waals surface area contributed by atoms with E-state index in [1.54, 1.807) is 6.26 Å². The molecule has 2 rings (SSSR count). The molecule has 2 N–H and O–H groups in total. The predicted molar refractivity (Wildman–Crippen MR) is 72.0 cm³/mol. The second-order valence-corrected chi connectivity index (χ2v) is 4.94. The van der Waals surface area contributed by atoms with Crippen LogP contribution in [0, 0.1) is 6.92 Å². The summed E-state index contributed by atoms with van der Waals surface area (Å²) < 4.78 is 11.0. The molecule has 0 radical (unpaired) electrons. The summed E-state index contributed by atoms with van der Waals surface area (Å²) in [5, 5.41) is 0. The number of likely N-dealkylation sites (tertiary alicyclic amines) is 1. The van der Waals surface area contributed by atoms with E-state index < -0.39 is 0 Å². The molecule has 0 spiro atoms. The highest BCUT2D eigenvalue weighted by atomic mass is 16.5. The predicted octanol–water partition coefficient (Wildman–Crippen LogP) is 1.56. The first-order chi connectivity index (χ1) is 9.22. The smallest absolute Gasteiger partial charge is 0.289 e. The molecular weight excluding hydrogens is 244 g/mol. The van der Waals surface area contributed by atoms with Gasteiger partial charge in [-0.2, -0.15) is 0 Å². The molecule has 1 aromatic heterocycles. The van der Waals surface area contributed by atoms with Crippen LogP contribution in [-0.2, 0) is 4.74 Å². The topological polar surface area (TPSA) is 68.7 Å². The molecule has 1 aromatic rings. The lowest BCUT2D eigenvalue weighted by atomic mass is 10.1. The fourth-order valence-electron chi connectivity index (χ4n) is 2.29. The molecule has 1 aliphatic heterocycles. The molecule has 0 saturated carbocycles. The summed E-state index contributed by atoms with van der Waals surface area (Å²) in [6, 6.07) is 1.82. The number of ether oxygens (including phenoxy) is 1. The van der Waals surface area contributed by atoms with E-state index in [-0.39, 0.29) is 12.0 Å². The van der Waals surface area contributed by atoms with Crippen LogP contribution in [0.5, 0.6) is 0 Å². The average Bonchev–Trinajstić information content (AvgIpc) is 2.85. The Morgan fingerprint density at radius 3 is 2.84 bits per heavy atom. The van der Waals surface area contributed by atoms with Crippen LogP contribution in [-0.4, -0.2) is 43.2 Å². The molecule has 5 nitrogen and oxygen atoms in total. The number of aryl methyl sites for hydroxylation is 1. The lowest BCUT2D eigenvalue weighted by molar-refractivity contribution is 0.00762. The minimum atomic E-state index is -0.0112. The van der Waals surface area contributed by atoms with Gasteiger partial charge in [0.1, 0.15) is 0 Å². The Morgan fingerprint density at radius 1 is 1.53 bits per heavy atom. The van der Waals surface area contributed by atoms with Gasteiger partial charge in [0.15, 0.2) is 5.76 Å². The van der Waals surface area contributed by atoms with Crippen molar-refractivity contribution >= 4 is 5.91 Å². The van der Waals surface area contributed by atoms with Crippen LogP contribution in [0.15, 0.2) is 16.7 Å². The number of nitrogens with zero attached hydrogens (tertiary/aromatic N) is 1. The molecule has 19 heavy (non-hydrogen) atoms. The number of carbonyl (C=O) groups excluding carboxylic acids is 1. The van der Waals surface area contributed by atoms with Gasteiger partial charge >= 0.3 is 0 Å². The molecular formula is C14H22N2O3. The maximum absolute atomic E-state index is 12.2. The monoisotopic (exact) mass is 266 g/mol. The molecule has 0 aliphatic carbocycles. The van der Waals surface area contributed by atoms with Gasteiger partial charge in [0, 0.05) is 25.3 Å². The van der Waals surface area contributed by atoms with Gasteiger partial charge in [-0.3, -0.25) is 4.79 Å². The van der Waals surface area contributed by atoms with Crippen LogP contribution in [0.25, 0.3) is 0 Å². The molecule has 1 aliphatic rings. The number of carbonyl (C=O) groups is 1. The van der Waals surface area contributed by atoms with E-state index in [1.807, 2.05) is 17.9 Å². The third-order valence-corrected chi connectivity index (χ3v) is 3.49. The number of furan rings is 1. The summed E-state index contributed by atoms with van der Waals surface area (Å²) in [6.45, 7) is 4.72. The third kappa shape index (κ3) is 3.58. The van der Waals surface area contributed by atoms with Crippen LogP contribution >= 0.6 is 0 Å². The van der Waals surface area contributed by atoms with Crippen molar-refractivity contribution in [3.63, 3.8) is 0 Å². The number of piperidine rings is 1. The molecule has 1 fully saturated rings. The summed E-state index contributed by atoms with van der Waals surface area (Å²) in [4.78, 5) is 14.1. The second kappa shape index (κ2) is 6.73. The number of amides is 1. The number of nitrogens with two attached hydrogens (primary N) is 1. The van der Waals surface area contributed by atoms with Crippen molar-refractivity contribution in [3.8, 4) is 0 Å².